The van der Waals surface area contributed by atoms with Crippen LogP contribution < -0.4 is 15.4 Å². The van der Waals surface area contributed by atoms with Gasteiger partial charge >= 0.3 is 0 Å². The number of rotatable bonds is 11. The van der Waals surface area contributed by atoms with Crippen molar-refractivity contribution in [3.8, 4) is 5.75 Å². The molecule has 30 heavy (non-hydrogen) atoms. The Bertz CT molecular complexity index is 759. The topological polar surface area (TPSA) is 58.1 Å². The number of halogens is 2. The second-order valence-corrected chi connectivity index (χ2v) is 7.13. The van der Waals surface area contributed by atoms with Crippen LogP contribution in [0.4, 0.5) is 0 Å². The summed E-state index contributed by atoms with van der Waals surface area (Å²) in [6, 6.07) is 15.9. The van der Waals surface area contributed by atoms with Crippen LogP contribution in [0.1, 0.15) is 11.1 Å². The minimum atomic E-state index is 0. The molecule has 8 heteroatoms. The van der Waals surface area contributed by atoms with Crippen molar-refractivity contribution < 1.29 is 9.47 Å². The maximum Gasteiger partial charge on any atom is 0.191 e. The van der Waals surface area contributed by atoms with E-state index in [1.807, 2.05) is 36.4 Å². The van der Waals surface area contributed by atoms with Gasteiger partial charge in [-0.25, -0.2) is 0 Å². The molecule has 0 heterocycles. The molecule has 0 bridgehead atoms. The van der Waals surface area contributed by atoms with Crippen LogP contribution in [0.3, 0.4) is 0 Å². The Balaban J connectivity index is 0.00000450. The molecule has 2 rings (SSSR count). The molecular formula is C22H32ClIN4O2. The first-order valence-corrected chi connectivity index (χ1v) is 10.1. The Labute approximate surface area is 202 Å². The largest absolute Gasteiger partial charge is 0.492 e. The molecule has 0 aliphatic heterocycles. The minimum Gasteiger partial charge on any atom is -0.492 e. The Morgan fingerprint density at radius 2 is 1.67 bits per heavy atom. The number of hydrogen-bond donors (Lipinski definition) is 2. The third-order valence-corrected chi connectivity index (χ3v) is 4.63. The van der Waals surface area contributed by atoms with E-state index in [4.69, 9.17) is 21.1 Å². The van der Waals surface area contributed by atoms with Crippen molar-refractivity contribution >= 4 is 41.5 Å². The van der Waals surface area contributed by atoms with Crippen molar-refractivity contribution in [1.82, 2.24) is 15.5 Å². The zero-order valence-corrected chi connectivity index (χ0v) is 20.9. The first-order chi connectivity index (χ1) is 14.1. The Morgan fingerprint density at radius 1 is 1.00 bits per heavy atom. The molecule has 0 radical (unpaired) electrons. The van der Waals surface area contributed by atoms with Crippen molar-refractivity contribution in [1.29, 1.82) is 0 Å². The smallest absolute Gasteiger partial charge is 0.191 e. The van der Waals surface area contributed by atoms with Crippen LogP contribution in [0.5, 0.6) is 5.75 Å². The first kappa shape index (κ1) is 26.5. The van der Waals surface area contributed by atoms with E-state index in [1.54, 1.807) is 14.2 Å². The van der Waals surface area contributed by atoms with Crippen molar-refractivity contribution in [2.75, 3.05) is 47.5 Å². The number of nitrogens with zero attached hydrogens (tertiary/aromatic N) is 2. The number of aliphatic imine (C=N–C) groups is 1. The van der Waals surface area contributed by atoms with Crippen molar-refractivity contribution in [2.24, 2.45) is 4.99 Å². The van der Waals surface area contributed by atoms with E-state index in [-0.39, 0.29) is 24.0 Å². The normalized spacial score (nSPS) is 11.2. The summed E-state index contributed by atoms with van der Waals surface area (Å²) in [4.78, 5) is 6.46. The maximum atomic E-state index is 5.93. The number of hydrogen-bond acceptors (Lipinski definition) is 4. The summed E-state index contributed by atoms with van der Waals surface area (Å²) in [5.41, 5.74) is 2.27. The van der Waals surface area contributed by atoms with E-state index in [0.29, 0.717) is 19.7 Å². The summed E-state index contributed by atoms with van der Waals surface area (Å²) in [6.07, 6.45) is 0. The summed E-state index contributed by atoms with van der Waals surface area (Å²) in [5, 5.41) is 7.37. The molecule has 2 aromatic carbocycles. The lowest BCUT2D eigenvalue weighted by Crippen LogP contribution is -2.36. The van der Waals surface area contributed by atoms with Gasteiger partial charge in [0.15, 0.2) is 5.96 Å². The quantitative estimate of drug-likeness (QED) is 0.255. The summed E-state index contributed by atoms with van der Waals surface area (Å²) in [6.45, 7) is 4.45. The Hall–Kier alpha value is -1.55. The lowest BCUT2D eigenvalue weighted by molar-refractivity contribution is 0.150. The molecule has 0 spiro atoms. The van der Waals surface area contributed by atoms with E-state index in [0.717, 1.165) is 47.6 Å². The highest BCUT2D eigenvalue weighted by atomic mass is 127. The SMILES string of the molecule is CN=C(NCc1ccc(Cl)cc1)NCc1cccc(OCCN(C)CCOC)c1.I. The number of ether oxygens (including phenoxy) is 2. The lowest BCUT2D eigenvalue weighted by Gasteiger charge is -2.16. The number of methoxy groups -OCH3 is 1. The van der Waals surface area contributed by atoms with Crippen molar-refractivity contribution in [2.45, 2.75) is 13.1 Å². The molecule has 0 fully saturated rings. The molecule has 0 aliphatic rings. The molecule has 6 nitrogen and oxygen atoms in total. The van der Waals surface area contributed by atoms with Crippen LogP contribution in [-0.4, -0.2) is 58.4 Å². The predicted octanol–water partition coefficient (Wildman–Crippen LogP) is 3.78. The van der Waals surface area contributed by atoms with E-state index in [1.165, 1.54) is 0 Å². The van der Waals surface area contributed by atoms with E-state index < -0.39 is 0 Å². The van der Waals surface area contributed by atoms with E-state index in [2.05, 4.69) is 39.7 Å². The molecule has 0 aliphatic carbocycles. The van der Waals surface area contributed by atoms with Gasteiger partial charge in [-0.05, 0) is 42.4 Å². The number of guanidine groups is 1. The predicted molar refractivity (Wildman–Crippen MR) is 135 cm³/mol. The summed E-state index contributed by atoms with van der Waals surface area (Å²) in [5.74, 6) is 1.61. The number of nitrogens with one attached hydrogen (secondary N) is 2. The van der Waals surface area contributed by atoms with Crippen molar-refractivity contribution in [3.05, 3.63) is 64.7 Å². The fourth-order valence-electron chi connectivity index (χ4n) is 2.62. The third kappa shape index (κ3) is 10.5. The van der Waals surface area contributed by atoms with Gasteiger partial charge in [0, 0.05) is 45.4 Å². The van der Waals surface area contributed by atoms with Gasteiger partial charge in [0.05, 0.1) is 6.61 Å². The molecule has 0 saturated heterocycles. The standard InChI is InChI=1S/C22H31ClN4O2.HI/c1-24-22(25-16-18-7-9-20(23)10-8-18)26-17-19-5-4-6-21(15-19)29-14-12-27(2)11-13-28-3;/h4-10,15H,11-14,16-17H2,1-3H3,(H2,24,25,26);1H. The fourth-order valence-corrected chi connectivity index (χ4v) is 2.74. The van der Waals surface area contributed by atoms with Crippen molar-refractivity contribution in [3.63, 3.8) is 0 Å². The van der Waals surface area contributed by atoms with Crippen LogP contribution in [0, 0.1) is 0 Å². The maximum absolute atomic E-state index is 5.93. The number of likely N-dealkylation sites (N-methyl/N-ethyl adjacent to an activating group) is 1. The molecular weight excluding hydrogens is 515 g/mol. The Kier molecular flexibility index (Phi) is 13.5. The Morgan fingerprint density at radius 3 is 2.33 bits per heavy atom. The molecule has 0 aromatic heterocycles. The van der Waals surface area contributed by atoms with Gasteiger partial charge < -0.3 is 25.0 Å². The molecule has 2 N–H and O–H groups in total. The van der Waals surface area contributed by atoms with Gasteiger partial charge in [0.1, 0.15) is 12.4 Å². The van der Waals surface area contributed by atoms with Crippen LogP contribution in [0.15, 0.2) is 53.5 Å². The molecule has 2 aromatic rings. The highest BCUT2D eigenvalue weighted by Crippen LogP contribution is 2.13. The fraction of sp³-hybridized carbons (Fsp3) is 0.409. The van der Waals surface area contributed by atoms with Crippen LogP contribution in [0.2, 0.25) is 5.02 Å². The highest BCUT2D eigenvalue weighted by Gasteiger charge is 2.02. The number of benzene rings is 2. The highest BCUT2D eigenvalue weighted by molar-refractivity contribution is 14.0. The molecule has 0 unspecified atom stereocenters. The first-order valence-electron chi connectivity index (χ1n) is 9.69. The zero-order chi connectivity index (χ0) is 20.9. The zero-order valence-electron chi connectivity index (χ0n) is 17.9. The third-order valence-electron chi connectivity index (χ3n) is 4.37. The molecule has 0 amide bonds. The van der Waals surface area contributed by atoms with Crippen LogP contribution >= 0.6 is 35.6 Å². The average Bonchev–Trinajstić information content (AvgIpc) is 2.74. The second-order valence-electron chi connectivity index (χ2n) is 6.70. The van der Waals surface area contributed by atoms with E-state index in [9.17, 15) is 0 Å². The molecule has 0 atom stereocenters. The van der Waals surface area contributed by atoms with Gasteiger partial charge in [-0.1, -0.05) is 35.9 Å². The molecule has 166 valence electrons. The summed E-state index contributed by atoms with van der Waals surface area (Å²) < 4.78 is 11.0. The van der Waals surface area contributed by atoms with Gasteiger partial charge in [-0.2, -0.15) is 0 Å². The van der Waals surface area contributed by atoms with Crippen LogP contribution in [-0.2, 0) is 17.8 Å². The van der Waals surface area contributed by atoms with Gasteiger partial charge in [0.2, 0.25) is 0 Å². The van der Waals surface area contributed by atoms with Crippen LogP contribution in [0.25, 0.3) is 0 Å². The average molecular weight is 547 g/mol. The van der Waals surface area contributed by atoms with Gasteiger partial charge in [0.25, 0.3) is 0 Å². The monoisotopic (exact) mass is 546 g/mol. The minimum absolute atomic E-state index is 0. The van der Waals surface area contributed by atoms with Gasteiger partial charge in [-0.3, -0.25) is 4.99 Å². The molecule has 0 saturated carbocycles. The second kappa shape index (κ2) is 15.3. The summed E-state index contributed by atoms with van der Waals surface area (Å²) in [7, 11) is 5.54. The lowest BCUT2D eigenvalue weighted by atomic mass is 10.2. The van der Waals surface area contributed by atoms with E-state index >= 15 is 0 Å². The van der Waals surface area contributed by atoms with Gasteiger partial charge in [-0.15, -0.1) is 24.0 Å². The summed E-state index contributed by atoms with van der Waals surface area (Å²) >= 11 is 5.93.